The van der Waals surface area contributed by atoms with E-state index in [2.05, 4.69) is 0 Å². The molecule has 9 heavy (non-hydrogen) atoms. The summed E-state index contributed by atoms with van der Waals surface area (Å²) in [6, 6.07) is 0.0394. The third kappa shape index (κ3) is 1.68. The second-order valence-electron chi connectivity index (χ2n) is 2.38. The lowest BCUT2D eigenvalue weighted by atomic mass is 9.98. The second-order valence-corrected chi connectivity index (χ2v) is 2.94. The fourth-order valence-electron chi connectivity index (χ4n) is 0.887. The average Bonchev–Trinajstić information content (AvgIpc) is 1.80. The number of nitrogens with two attached hydrogens (primary N) is 2. The maximum absolute atomic E-state index is 5.75. The minimum Gasteiger partial charge on any atom is -0.326 e. The number of halogens is 1. The van der Waals surface area contributed by atoms with E-state index in [9.17, 15) is 0 Å². The van der Waals surface area contributed by atoms with Crippen molar-refractivity contribution in [2.24, 2.45) is 11.5 Å². The smallest absolute Gasteiger partial charge is 0.0532 e. The minimum atomic E-state index is -0.000000000000000222. The molecule has 0 aromatic rings. The van der Waals surface area contributed by atoms with Crippen LogP contribution in [0.2, 0.25) is 0 Å². The third-order valence-corrected chi connectivity index (χ3v) is 1.86. The Balaban J connectivity index is 2.54. The molecule has 0 bridgehead atoms. The zero-order valence-corrected chi connectivity index (χ0v) is 5.88. The van der Waals surface area contributed by atoms with Crippen LogP contribution in [0.1, 0.15) is 6.42 Å². The van der Waals surface area contributed by atoms with E-state index >= 15 is 0 Å². The standard InChI is InChI=1S/C6H11ClN2/c7-4-1-2-5(8)6(9)3-4/h1-2,4-6H,3,8-9H2. The second kappa shape index (κ2) is 2.69. The summed E-state index contributed by atoms with van der Waals surface area (Å²) in [4.78, 5) is 0. The molecule has 0 saturated heterocycles. The summed E-state index contributed by atoms with van der Waals surface area (Å²) < 4.78 is 0. The predicted octanol–water partition coefficient (Wildman–Crippen LogP) is 0.208. The summed E-state index contributed by atoms with van der Waals surface area (Å²) in [6.45, 7) is 0. The number of rotatable bonds is 0. The predicted molar refractivity (Wildman–Crippen MR) is 39.3 cm³/mol. The van der Waals surface area contributed by atoms with Gasteiger partial charge in [0.25, 0.3) is 0 Å². The molecule has 3 heteroatoms. The van der Waals surface area contributed by atoms with Gasteiger partial charge in [0.15, 0.2) is 0 Å². The highest BCUT2D eigenvalue weighted by molar-refractivity contribution is 6.21. The molecular formula is C6H11ClN2. The van der Waals surface area contributed by atoms with E-state index in [1.54, 1.807) is 0 Å². The fraction of sp³-hybridized carbons (Fsp3) is 0.667. The van der Waals surface area contributed by atoms with Crippen LogP contribution in [-0.2, 0) is 0 Å². The van der Waals surface area contributed by atoms with Crippen molar-refractivity contribution >= 4 is 11.6 Å². The van der Waals surface area contributed by atoms with Gasteiger partial charge in [0, 0.05) is 12.1 Å². The summed E-state index contributed by atoms with van der Waals surface area (Å²) in [5.41, 5.74) is 11.2. The van der Waals surface area contributed by atoms with Crippen molar-refractivity contribution < 1.29 is 0 Å². The Labute approximate surface area is 59.9 Å². The van der Waals surface area contributed by atoms with E-state index in [1.165, 1.54) is 0 Å². The Morgan fingerprint density at radius 3 is 2.44 bits per heavy atom. The van der Waals surface area contributed by atoms with E-state index in [0.29, 0.717) is 0 Å². The number of alkyl halides is 1. The molecule has 0 aromatic heterocycles. The van der Waals surface area contributed by atoms with E-state index < -0.39 is 0 Å². The first-order valence-electron chi connectivity index (χ1n) is 3.03. The van der Waals surface area contributed by atoms with Crippen LogP contribution in [0, 0.1) is 0 Å². The maximum atomic E-state index is 5.75. The summed E-state index contributed by atoms with van der Waals surface area (Å²) in [5.74, 6) is 0. The summed E-state index contributed by atoms with van der Waals surface area (Å²) >= 11 is 5.75. The van der Waals surface area contributed by atoms with Crippen LogP contribution >= 0.6 is 11.6 Å². The minimum absolute atomic E-state index is 0.000000000000000222. The van der Waals surface area contributed by atoms with Gasteiger partial charge in [-0.05, 0) is 6.42 Å². The molecular weight excluding hydrogens is 136 g/mol. The molecule has 0 amide bonds. The molecule has 0 spiro atoms. The van der Waals surface area contributed by atoms with Crippen LogP contribution in [0.3, 0.4) is 0 Å². The molecule has 0 fully saturated rings. The maximum Gasteiger partial charge on any atom is 0.0532 e. The highest BCUT2D eigenvalue weighted by Crippen LogP contribution is 2.13. The molecule has 0 radical (unpaired) electrons. The van der Waals surface area contributed by atoms with Gasteiger partial charge in [-0.3, -0.25) is 0 Å². The van der Waals surface area contributed by atoms with Gasteiger partial charge in [0.1, 0.15) is 0 Å². The summed E-state index contributed by atoms with van der Waals surface area (Å²) in [6.07, 6.45) is 4.56. The van der Waals surface area contributed by atoms with Gasteiger partial charge in [0.2, 0.25) is 0 Å². The number of hydrogen-bond acceptors (Lipinski definition) is 2. The van der Waals surface area contributed by atoms with Gasteiger partial charge in [-0.15, -0.1) is 11.6 Å². The highest BCUT2D eigenvalue weighted by Gasteiger charge is 2.18. The van der Waals surface area contributed by atoms with Crippen molar-refractivity contribution in [2.45, 2.75) is 23.9 Å². The van der Waals surface area contributed by atoms with Crippen LogP contribution in [-0.4, -0.2) is 17.5 Å². The van der Waals surface area contributed by atoms with Gasteiger partial charge < -0.3 is 11.5 Å². The van der Waals surface area contributed by atoms with Crippen LogP contribution in [0.15, 0.2) is 12.2 Å². The quantitative estimate of drug-likeness (QED) is 0.379. The Morgan fingerprint density at radius 1 is 1.33 bits per heavy atom. The Hall–Kier alpha value is -0.0500. The van der Waals surface area contributed by atoms with E-state index in [1.807, 2.05) is 12.2 Å². The lowest BCUT2D eigenvalue weighted by Crippen LogP contribution is -2.43. The number of hydrogen-bond donors (Lipinski definition) is 2. The van der Waals surface area contributed by atoms with Crippen LogP contribution in [0.4, 0.5) is 0 Å². The molecule has 0 aliphatic heterocycles. The Kier molecular flexibility index (Phi) is 2.11. The molecule has 3 unspecified atom stereocenters. The van der Waals surface area contributed by atoms with Crippen molar-refractivity contribution in [3.8, 4) is 0 Å². The molecule has 4 N–H and O–H groups in total. The average molecular weight is 147 g/mol. The normalized spacial score (nSPS) is 43.2. The molecule has 0 heterocycles. The highest BCUT2D eigenvalue weighted by atomic mass is 35.5. The summed E-state index contributed by atoms with van der Waals surface area (Å²) in [5, 5.41) is 0.0831. The Bertz CT molecular complexity index is 124. The van der Waals surface area contributed by atoms with Crippen LogP contribution in [0.5, 0.6) is 0 Å². The van der Waals surface area contributed by atoms with Crippen LogP contribution in [0.25, 0.3) is 0 Å². The first kappa shape index (κ1) is 7.06. The molecule has 0 aromatic carbocycles. The lowest BCUT2D eigenvalue weighted by molar-refractivity contribution is 0.544. The molecule has 0 saturated carbocycles. The van der Waals surface area contributed by atoms with E-state index in [0.717, 1.165) is 6.42 Å². The molecule has 52 valence electrons. The van der Waals surface area contributed by atoms with Crippen molar-refractivity contribution in [3.05, 3.63) is 12.2 Å². The molecule has 1 rings (SSSR count). The molecule has 3 atom stereocenters. The van der Waals surface area contributed by atoms with Crippen molar-refractivity contribution in [1.29, 1.82) is 0 Å². The SMILES string of the molecule is NC1C=CC(Cl)CC1N. The van der Waals surface area contributed by atoms with Gasteiger partial charge in [-0.25, -0.2) is 0 Å². The third-order valence-electron chi connectivity index (χ3n) is 1.53. The van der Waals surface area contributed by atoms with Gasteiger partial charge in [-0.1, -0.05) is 12.2 Å². The fourth-order valence-corrected chi connectivity index (χ4v) is 1.18. The van der Waals surface area contributed by atoms with E-state index in [-0.39, 0.29) is 17.5 Å². The first-order chi connectivity index (χ1) is 4.20. The van der Waals surface area contributed by atoms with Crippen molar-refractivity contribution in [3.63, 3.8) is 0 Å². The monoisotopic (exact) mass is 146 g/mol. The molecule has 2 nitrogen and oxygen atoms in total. The zero-order valence-electron chi connectivity index (χ0n) is 5.13. The van der Waals surface area contributed by atoms with Crippen molar-refractivity contribution in [1.82, 2.24) is 0 Å². The summed E-state index contributed by atoms with van der Waals surface area (Å²) in [7, 11) is 0. The van der Waals surface area contributed by atoms with Gasteiger partial charge in [-0.2, -0.15) is 0 Å². The van der Waals surface area contributed by atoms with Crippen molar-refractivity contribution in [2.75, 3.05) is 0 Å². The van der Waals surface area contributed by atoms with Crippen LogP contribution < -0.4 is 11.5 Å². The Morgan fingerprint density at radius 2 is 2.00 bits per heavy atom. The molecule has 1 aliphatic carbocycles. The largest absolute Gasteiger partial charge is 0.326 e. The van der Waals surface area contributed by atoms with Gasteiger partial charge >= 0.3 is 0 Å². The number of allylic oxidation sites excluding steroid dienone is 1. The first-order valence-corrected chi connectivity index (χ1v) is 3.47. The lowest BCUT2D eigenvalue weighted by Gasteiger charge is -2.22. The molecule has 1 aliphatic rings. The zero-order chi connectivity index (χ0) is 6.85. The van der Waals surface area contributed by atoms with Gasteiger partial charge in [0.05, 0.1) is 5.38 Å². The topological polar surface area (TPSA) is 52.0 Å². The van der Waals surface area contributed by atoms with E-state index in [4.69, 9.17) is 23.1 Å².